The highest BCUT2D eigenvalue weighted by Crippen LogP contribution is 2.34. The van der Waals surface area contributed by atoms with Crippen LogP contribution in [0.5, 0.6) is 0 Å². The molecule has 3 rings (SSSR count). The molecule has 2 aromatic rings. The smallest absolute Gasteiger partial charge is 0.271 e. The van der Waals surface area contributed by atoms with Gasteiger partial charge >= 0.3 is 0 Å². The molecular weight excluding hydrogens is 354 g/mol. The van der Waals surface area contributed by atoms with E-state index in [1.807, 2.05) is 32.0 Å². The average molecular weight is 372 g/mol. The number of nitrogens with one attached hydrogen (secondary N) is 1. The highest BCUT2D eigenvalue weighted by Gasteiger charge is 2.37. The summed E-state index contributed by atoms with van der Waals surface area (Å²) in [5.41, 5.74) is 1.58. The Bertz CT molecular complexity index is 800. The summed E-state index contributed by atoms with van der Waals surface area (Å²) < 4.78 is 27.8. The quantitative estimate of drug-likeness (QED) is 0.901. The first kappa shape index (κ1) is 16.9. The molecule has 0 radical (unpaired) electrons. The van der Waals surface area contributed by atoms with Gasteiger partial charge in [-0.3, -0.25) is 0 Å². The van der Waals surface area contributed by atoms with Crippen molar-refractivity contribution in [1.82, 2.24) is 14.6 Å². The monoisotopic (exact) mass is 371 g/mol. The van der Waals surface area contributed by atoms with E-state index in [1.54, 1.807) is 6.07 Å². The lowest BCUT2D eigenvalue weighted by molar-refractivity contribution is 0.271. The molecule has 1 aromatic heterocycles. The van der Waals surface area contributed by atoms with Gasteiger partial charge in [0.25, 0.3) is 10.0 Å². The lowest BCUT2D eigenvalue weighted by atomic mass is 10.1. The van der Waals surface area contributed by atoms with Crippen LogP contribution in [-0.2, 0) is 10.0 Å². The third-order valence-corrected chi connectivity index (χ3v) is 7.68. The lowest BCUT2D eigenvalue weighted by Crippen LogP contribution is -2.48. The number of aryl methyl sites for hydroxylation is 2. The first-order valence-electron chi connectivity index (χ1n) is 7.32. The Balaban J connectivity index is 2.03. The van der Waals surface area contributed by atoms with Gasteiger partial charge < -0.3 is 5.32 Å². The molecule has 8 heteroatoms. The second-order valence-corrected chi connectivity index (χ2v) is 9.15. The number of rotatable bonds is 3. The molecule has 1 aliphatic rings. The van der Waals surface area contributed by atoms with E-state index in [9.17, 15) is 8.42 Å². The van der Waals surface area contributed by atoms with Crippen LogP contribution in [0.3, 0.4) is 0 Å². The first-order chi connectivity index (χ1) is 10.9. The van der Waals surface area contributed by atoms with Crippen LogP contribution < -0.4 is 5.32 Å². The number of halogens is 1. The van der Waals surface area contributed by atoms with Gasteiger partial charge in [-0.05, 0) is 25.5 Å². The van der Waals surface area contributed by atoms with Gasteiger partial charge in [-0.2, -0.15) is 4.31 Å². The number of thiazole rings is 1. The molecule has 1 unspecified atom stereocenters. The topological polar surface area (TPSA) is 62.3 Å². The van der Waals surface area contributed by atoms with E-state index in [0.29, 0.717) is 24.7 Å². The third-order valence-electron chi connectivity index (χ3n) is 4.00. The summed E-state index contributed by atoms with van der Waals surface area (Å²) in [7, 11) is -3.64. The number of hydrogen-bond acceptors (Lipinski definition) is 5. The minimum absolute atomic E-state index is 0.159. The summed E-state index contributed by atoms with van der Waals surface area (Å²) in [5, 5.41) is 3.83. The van der Waals surface area contributed by atoms with Crippen molar-refractivity contribution in [3.63, 3.8) is 0 Å². The van der Waals surface area contributed by atoms with Gasteiger partial charge in [-0.25, -0.2) is 13.4 Å². The second kappa shape index (κ2) is 6.49. The Kier molecular flexibility index (Phi) is 4.75. The Labute approximate surface area is 145 Å². The van der Waals surface area contributed by atoms with Crippen LogP contribution in [0.15, 0.2) is 28.6 Å². The van der Waals surface area contributed by atoms with E-state index in [4.69, 9.17) is 11.6 Å². The van der Waals surface area contributed by atoms with Crippen molar-refractivity contribution in [2.75, 3.05) is 19.6 Å². The van der Waals surface area contributed by atoms with Crippen molar-refractivity contribution in [1.29, 1.82) is 0 Å². The summed E-state index contributed by atoms with van der Waals surface area (Å²) in [6, 6.07) is 7.05. The first-order valence-corrected chi connectivity index (χ1v) is 9.95. The SMILES string of the molecule is Cc1nc(S(=O)(=O)N2CCNCC2c2ccccc2Cl)sc1C. The molecule has 1 saturated heterocycles. The zero-order valence-corrected chi connectivity index (χ0v) is 15.3. The van der Waals surface area contributed by atoms with Crippen molar-refractivity contribution in [3.05, 3.63) is 45.4 Å². The minimum Gasteiger partial charge on any atom is -0.313 e. The Morgan fingerprint density at radius 2 is 2.09 bits per heavy atom. The molecular formula is C15H18ClN3O2S2. The summed E-state index contributed by atoms with van der Waals surface area (Å²) in [6.07, 6.45) is 0. The summed E-state index contributed by atoms with van der Waals surface area (Å²) in [4.78, 5) is 5.17. The molecule has 5 nitrogen and oxygen atoms in total. The Morgan fingerprint density at radius 1 is 1.35 bits per heavy atom. The van der Waals surface area contributed by atoms with Crippen molar-refractivity contribution in [2.45, 2.75) is 24.2 Å². The van der Waals surface area contributed by atoms with Gasteiger partial charge in [0.2, 0.25) is 4.34 Å². The van der Waals surface area contributed by atoms with E-state index in [-0.39, 0.29) is 10.4 Å². The van der Waals surface area contributed by atoms with E-state index in [2.05, 4.69) is 10.3 Å². The number of piperazine rings is 1. The molecule has 1 atom stereocenters. The molecule has 1 aliphatic heterocycles. The number of aromatic nitrogens is 1. The normalized spacial score (nSPS) is 19.9. The molecule has 1 aromatic carbocycles. The van der Waals surface area contributed by atoms with Crippen LogP contribution in [-0.4, -0.2) is 37.3 Å². The van der Waals surface area contributed by atoms with Gasteiger partial charge in [-0.1, -0.05) is 29.8 Å². The predicted molar refractivity (Wildman–Crippen MR) is 92.5 cm³/mol. The van der Waals surface area contributed by atoms with E-state index in [1.165, 1.54) is 15.6 Å². The molecule has 0 spiro atoms. The van der Waals surface area contributed by atoms with Gasteiger partial charge in [0.05, 0.1) is 11.7 Å². The molecule has 0 saturated carbocycles. The van der Waals surface area contributed by atoms with Crippen LogP contribution in [0.4, 0.5) is 0 Å². The van der Waals surface area contributed by atoms with Crippen LogP contribution in [0.25, 0.3) is 0 Å². The second-order valence-electron chi connectivity index (χ2n) is 5.48. The lowest BCUT2D eigenvalue weighted by Gasteiger charge is -2.35. The van der Waals surface area contributed by atoms with Crippen molar-refractivity contribution < 1.29 is 8.42 Å². The Morgan fingerprint density at radius 3 is 2.74 bits per heavy atom. The molecule has 0 aliphatic carbocycles. The highest BCUT2D eigenvalue weighted by atomic mass is 35.5. The third kappa shape index (κ3) is 3.16. The Hall–Kier alpha value is -0.990. The molecule has 124 valence electrons. The summed E-state index contributed by atoms with van der Waals surface area (Å²) in [5.74, 6) is 0. The maximum Gasteiger partial charge on any atom is 0.271 e. The largest absolute Gasteiger partial charge is 0.313 e. The number of hydrogen-bond donors (Lipinski definition) is 1. The number of nitrogens with zero attached hydrogens (tertiary/aromatic N) is 2. The minimum atomic E-state index is -3.64. The molecule has 1 N–H and O–H groups in total. The fourth-order valence-corrected chi connectivity index (χ4v) is 5.93. The molecule has 0 bridgehead atoms. The van der Waals surface area contributed by atoms with Crippen molar-refractivity contribution in [2.24, 2.45) is 0 Å². The van der Waals surface area contributed by atoms with Crippen molar-refractivity contribution >= 4 is 33.0 Å². The molecule has 1 fully saturated rings. The fourth-order valence-electron chi connectivity index (χ4n) is 2.64. The van der Waals surface area contributed by atoms with Crippen molar-refractivity contribution in [3.8, 4) is 0 Å². The van der Waals surface area contributed by atoms with Gasteiger partial charge in [0.1, 0.15) is 0 Å². The maximum absolute atomic E-state index is 13.1. The zero-order chi connectivity index (χ0) is 16.6. The number of benzene rings is 1. The molecule has 2 heterocycles. The average Bonchev–Trinajstić information content (AvgIpc) is 2.88. The standard InChI is InChI=1S/C15H18ClN3O2S2/c1-10-11(2)22-15(18-10)23(20,21)19-8-7-17-9-14(19)12-5-3-4-6-13(12)16/h3-6,14,17H,7-9H2,1-2H3. The number of sulfonamides is 1. The highest BCUT2D eigenvalue weighted by molar-refractivity contribution is 7.91. The van der Waals surface area contributed by atoms with Crippen LogP contribution in [0.1, 0.15) is 22.2 Å². The summed E-state index contributed by atoms with van der Waals surface area (Å²) in [6.45, 7) is 5.26. The fraction of sp³-hybridized carbons (Fsp3) is 0.400. The van der Waals surface area contributed by atoms with E-state index >= 15 is 0 Å². The molecule has 23 heavy (non-hydrogen) atoms. The van der Waals surface area contributed by atoms with Gasteiger partial charge in [0, 0.05) is 29.5 Å². The van der Waals surface area contributed by atoms with E-state index < -0.39 is 10.0 Å². The van der Waals surface area contributed by atoms with Crippen LogP contribution in [0.2, 0.25) is 5.02 Å². The van der Waals surface area contributed by atoms with Gasteiger partial charge in [-0.15, -0.1) is 11.3 Å². The van der Waals surface area contributed by atoms with Crippen LogP contribution >= 0.6 is 22.9 Å². The van der Waals surface area contributed by atoms with Gasteiger partial charge in [0.15, 0.2) is 0 Å². The maximum atomic E-state index is 13.1. The van der Waals surface area contributed by atoms with Crippen LogP contribution in [0, 0.1) is 13.8 Å². The van der Waals surface area contributed by atoms with E-state index in [0.717, 1.165) is 16.1 Å². The predicted octanol–water partition coefficient (Wildman–Crippen LogP) is 2.75. The zero-order valence-electron chi connectivity index (χ0n) is 12.9. The summed E-state index contributed by atoms with van der Waals surface area (Å²) >= 11 is 7.51. The molecule has 0 amide bonds.